The van der Waals surface area contributed by atoms with Gasteiger partial charge in [-0.15, -0.1) is 12.4 Å². The monoisotopic (exact) mass is 340 g/mol. The lowest BCUT2D eigenvalue weighted by Crippen LogP contribution is -2.42. The van der Waals surface area contributed by atoms with Gasteiger partial charge in [0.1, 0.15) is 5.75 Å². The number of carbonyl (C=O) groups is 1. The number of nitrogens with zero attached hydrogens (tertiary/aromatic N) is 1. The molecule has 1 amide bonds. The maximum Gasteiger partial charge on any atom is 0.223 e. The number of amides is 1. The predicted molar refractivity (Wildman–Crippen MR) is 96.5 cm³/mol. The van der Waals surface area contributed by atoms with Crippen LogP contribution in [0.4, 0.5) is 0 Å². The van der Waals surface area contributed by atoms with E-state index in [1.54, 1.807) is 7.11 Å². The first kappa shape index (κ1) is 19.8. The zero-order valence-corrected chi connectivity index (χ0v) is 15.2. The number of piperidine rings is 1. The Morgan fingerprint density at radius 3 is 2.96 bits per heavy atom. The maximum atomic E-state index is 12.6. The van der Waals surface area contributed by atoms with Gasteiger partial charge in [0.25, 0.3) is 0 Å². The third kappa shape index (κ3) is 5.70. The topological polar surface area (TPSA) is 41.6 Å². The summed E-state index contributed by atoms with van der Waals surface area (Å²) in [6, 6.07) is 8.02. The summed E-state index contributed by atoms with van der Waals surface area (Å²) in [7, 11) is 3.65. The first-order valence-electron chi connectivity index (χ1n) is 8.20. The van der Waals surface area contributed by atoms with Crippen molar-refractivity contribution >= 4 is 18.3 Å². The molecular formula is C18H29ClN2O2. The standard InChI is InChI=1S/C18H28N2O2.ClH/c1-14(16-7-4-8-17(11-16)22-3)10-18(21)20-9-5-6-15(13-20)12-19-2;/h4,7-8,11,14-15,19H,5-6,9-10,12-13H2,1-3H3;1H. The van der Waals surface area contributed by atoms with Gasteiger partial charge in [-0.2, -0.15) is 0 Å². The Kier molecular flexibility index (Phi) is 8.42. The second kappa shape index (κ2) is 9.78. The van der Waals surface area contributed by atoms with Crippen LogP contribution in [0.3, 0.4) is 0 Å². The molecule has 0 bridgehead atoms. The van der Waals surface area contributed by atoms with Crippen LogP contribution in [0.1, 0.15) is 37.7 Å². The number of hydrogen-bond donors (Lipinski definition) is 1. The molecule has 4 nitrogen and oxygen atoms in total. The molecule has 1 aliphatic rings. The lowest BCUT2D eigenvalue weighted by atomic mass is 9.94. The van der Waals surface area contributed by atoms with Gasteiger partial charge < -0.3 is 15.0 Å². The normalized spacial score (nSPS) is 18.9. The van der Waals surface area contributed by atoms with Gasteiger partial charge in [-0.25, -0.2) is 0 Å². The molecule has 1 aromatic carbocycles. The van der Waals surface area contributed by atoms with Crippen LogP contribution in [0, 0.1) is 5.92 Å². The summed E-state index contributed by atoms with van der Waals surface area (Å²) in [5, 5.41) is 3.22. The lowest BCUT2D eigenvalue weighted by molar-refractivity contribution is -0.133. The molecule has 0 spiro atoms. The highest BCUT2D eigenvalue weighted by Gasteiger charge is 2.24. The van der Waals surface area contributed by atoms with Crippen molar-refractivity contribution in [3.8, 4) is 5.75 Å². The van der Waals surface area contributed by atoms with E-state index in [1.807, 2.05) is 30.1 Å². The molecule has 0 saturated carbocycles. The van der Waals surface area contributed by atoms with Gasteiger partial charge >= 0.3 is 0 Å². The van der Waals surface area contributed by atoms with Crippen LogP contribution in [0.2, 0.25) is 0 Å². The smallest absolute Gasteiger partial charge is 0.223 e. The van der Waals surface area contributed by atoms with E-state index in [9.17, 15) is 4.79 Å². The summed E-state index contributed by atoms with van der Waals surface area (Å²) in [6.07, 6.45) is 2.90. The number of methoxy groups -OCH3 is 1. The largest absolute Gasteiger partial charge is 0.497 e. The molecular weight excluding hydrogens is 312 g/mol. The molecule has 1 heterocycles. The quantitative estimate of drug-likeness (QED) is 0.865. The SMILES string of the molecule is CNCC1CCCN(C(=O)CC(C)c2cccc(OC)c2)C1.Cl. The van der Waals surface area contributed by atoms with E-state index < -0.39 is 0 Å². The minimum atomic E-state index is 0. The van der Waals surface area contributed by atoms with E-state index in [-0.39, 0.29) is 24.2 Å². The van der Waals surface area contributed by atoms with E-state index in [2.05, 4.69) is 18.3 Å². The number of carbonyl (C=O) groups excluding carboxylic acids is 1. The van der Waals surface area contributed by atoms with E-state index in [1.165, 1.54) is 6.42 Å². The van der Waals surface area contributed by atoms with Crippen molar-refractivity contribution in [2.24, 2.45) is 5.92 Å². The van der Waals surface area contributed by atoms with E-state index in [0.29, 0.717) is 12.3 Å². The summed E-state index contributed by atoms with van der Waals surface area (Å²) in [5.41, 5.74) is 1.16. The van der Waals surface area contributed by atoms with Crippen LogP contribution in [0.25, 0.3) is 0 Å². The number of rotatable bonds is 6. The van der Waals surface area contributed by atoms with Crippen molar-refractivity contribution < 1.29 is 9.53 Å². The number of ether oxygens (including phenoxy) is 1. The van der Waals surface area contributed by atoms with Crippen LogP contribution >= 0.6 is 12.4 Å². The molecule has 1 saturated heterocycles. The van der Waals surface area contributed by atoms with Gasteiger partial charge in [0.2, 0.25) is 5.91 Å². The fourth-order valence-electron chi connectivity index (χ4n) is 3.20. The van der Waals surface area contributed by atoms with Crippen molar-refractivity contribution in [3.05, 3.63) is 29.8 Å². The molecule has 0 aromatic heterocycles. The minimum Gasteiger partial charge on any atom is -0.497 e. The van der Waals surface area contributed by atoms with Gasteiger partial charge in [0, 0.05) is 19.5 Å². The molecule has 0 radical (unpaired) electrons. The van der Waals surface area contributed by atoms with Crippen molar-refractivity contribution in [2.45, 2.75) is 32.1 Å². The Hall–Kier alpha value is -1.26. The summed E-state index contributed by atoms with van der Waals surface area (Å²) in [6.45, 7) is 4.91. The molecule has 0 aliphatic carbocycles. The summed E-state index contributed by atoms with van der Waals surface area (Å²) in [5.74, 6) is 1.93. The summed E-state index contributed by atoms with van der Waals surface area (Å²) >= 11 is 0. The second-order valence-electron chi connectivity index (χ2n) is 6.29. The highest BCUT2D eigenvalue weighted by atomic mass is 35.5. The second-order valence-corrected chi connectivity index (χ2v) is 6.29. The van der Waals surface area contributed by atoms with Gasteiger partial charge in [-0.3, -0.25) is 4.79 Å². The van der Waals surface area contributed by atoms with Gasteiger partial charge in [0.15, 0.2) is 0 Å². The average Bonchev–Trinajstić information content (AvgIpc) is 2.55. The van der Waals surface area contributed by atoms with E-state index in [0.717, 1.165) is 37.4 Å². The van der Waals surface area contributed by atoms with Crippen LogP contribution in [-0.4, -0.2) is 44.6 Å². The molecule has 130 valence electrons. The van der Waals surface area contributed by atoms with Crippen molar-refractivity contribution in [3.63, 3.8) is 0 Å². The van der Waals surface area contributed by atoms with Crippen LogP contribution < -0.4 is 10.1 Å². The van der Waals surface area contributed by atoms with Gasteiger partial charge in [-0.1, -0.05) is 19.1 Å². The first-order chi connectivity index (χ1) is 10.6. The van der Waals surface area contributed by atoms with Gasteiger partial charge in [-0.05, 0) is 56.0 Å². The first-order valence-corrected chi connectivity index (χ1v) is 8.20. The third-order valence-corrected chi connectivity index (χ3v) is 4.51. The van der Waals surface area contributed by atoms with Crippen molar-refractivity contribution in [1.29, 1.82) is 0 Å². The van der Waals surface area contributed by atoms with Crippen LogP contribution in [0.15, 0.2) is 24.3 Å². The molecule has 2 atom stereocenters. The molecule has 2 unspecified atom stereocenters. The Labute approximate surface area is 146 Å². The van der Waals surface area contributed by atoms with E-state index in [4.69, 9.17) is 4.74 Å². The Morgan fingerprint density at radius 1 is 1.48 bits per heavy atom. The zero-order valence-electron chi connectivity index (χ0n) is 14.4. The highest BCUT2D eigenvalue weighted by molar-refractivity contribution is 5.85. The van der Waals surface area contributed by atoms with E-state index >= 15 is 0 Å². The summed E-state index contributed by atoms with van der Waals surface area (Å²) < 4.78 is 5.26. The highest BCUT2D eigenvalue weighted by Crippen LogP contribution is 2.25. The van der Waals surface area contributed by atoms with Gasteiger partial charge in [0.05, 0.1) is 7.11 Å². The average molecular weight is 341 g/mol. The van der Waals surface area contributed by atoms with Crippen molar-refractivity contribution in [1.82, 2.24) is 10.2 Å². The Morgan fingerprint density at radius 2 is 2.26 bits per heavy atom. The number of hydrogen-bond acceptors (Lipinski definition) is 3. The fourth-order valence-corrected chi connectivity index (χ4v) is 3.20. The summed E-state index contributed by atoms with van der Waals surface area (Å²) in [4.78, 5) is 14.6. The molecule has 1 aromatic rings. The number of benzene rings is 1. The molecule has 23 heavy (non-hydrogen) atoms. The van der Waals surface area contributed by atoms with Crippen LogP contribution in [-0.2, 0) is 4.79 Å². The fraction of sp³-hybridized carbons (Fsp3) is 0.611. The maximum absolute atomic E-state index is 12.6. The molecule has 1 fully saturated rings. The Bertz CT molecular complexity index is 494. The molecule has 5 heteroatoms. The predicted octanol–water partition coefficient (Wildman–Crippen LogP) is 3.07. The minimum absolute atomic E-state index is 0. The lowest BCUT2D eigenvalue weighted by Gasteiger charge is -2.33. The number of nitrogens with one attached hydrogen (secondary N) is 1. The van der Waals surface area contributed by atoms with Crippen molar-refractivity contribution in [2.75, 3.05) is 33.8 Å². The number of halogens is 1. The molecule has 1 N–H and O–H groups in total. The third-order valence-electron chi connectivity index (χ3n) is 4.51. The Balaban J connectivity index is 0.00000264. The molecule has 2 rings (SSSR count). The zero-order chi connectivity index (χ0) is 15.9. The number of likely N-dealkylation sites (tertiary alicyclic amines) is 1. The van der Waals surface area contributed by atoms with Crippen LogP contribution in [0.5, 0.6) is 5.75 Å². The molecule has 1 aliphatic heterocycles.